The third kappa shape index (κ3) is 4.55. The summed E-state index contributed by atoms with van der Waals surface area (Å²) in [5, 5.41) is 3.93. The van der Waals surface area contributed by atoms with Crippen LogP contribution in [0.25, 0.3) is 0 Å². The van der Waals surface area contributed by atoms with Crippen molar-refractivity contribution in [3.8, 4) is 0 Å². The van der Waals surface area contributed by atoms with Crippen LogP contribution in [0.1, 0.15) is 12.6 Å². The summed E-state index contributed by atoms with van der Waals surface area (Å²) < 4.78 is 0. The Labute approximate surface area is 164 Å². The van der Waals surface area contributed by atoms with Gasteiger partial charge in [-0.2, -0.15) is 0 Å². The van der Waals surface area contributed by atoms with Gasteiger partial charge in [-0.05, 0) is 30.3 Å². The van der Waals surface area contributed by atoms with E-state index < -0.39 is 0 Å². The van der Waals surface area contributed by atoms with E-state index in [0.29, 0.717) is 20.9 Å². The van der Waals surface area contributed by atoms with Crippen molar-refractivity contribution in [2.45, 2.75) is 17.6 Å². The fraction of sp³-hybridized carbons (Fsp3) is 0.111. The number of aromatic nitrogens is 1. The molecule has 3 aromatic rings. The van der Waals surface area contributed by atoms with Crippen LogP contribution in [0.4, 0.5) is 10.8 Å². The Morgan fingerprint density at radius 3 is 2.68 bits per heavy atom. The van der Waals surface area contributed by atoms with Crippen molar-refractivity contribution >= 4 is 63.0 Å². The third-order valence-corrected chi connectivity index (χ3v) is 5.97. The van der Waals surface area contributed by atoms with Crippen LogP contribution in [-0.4, -0.2) is 10.9 Å². The molecule has 25 heavy (non-hydrogen) atoms. The number of thiazole rings is 1. The van der Waals surface area contributed by atoms with Crippen molar-refractivity contribution in [1.82, 2.24) is 4.98 Å². The van der Waals surface area contributed by atoms with E-state index in [4.69, 9.17) is 23.2 Å². The summed E-state index contributed by atoms with van der Waals surface area (Å²) in [6.45, 7) is 1.54. The Hall–Kier alpha value is -1.53. The molecule has 0 unspecified atom stereocenters. The molecule has 2 aromatic carbocycles. The largest absolute Gasteiger partial charge is 0.274 e. The maximum absolute atomic E-state index is 12.1. The van der Waals surface area contributed by atoms with Gasteiger partial charge in [-0.1, -0.05) is 41.4 Å². The van der Waals surface area contributed by atoms with Crippen molar-refractivity contribution < 1.29 is 4.79 Å². The normalized spacial score (nSPS) is 10.7. The molecule has 0 aliphatic heterocycles. The molecule has 0 bridgehead atoms. The van der Waals surface area contributed by atoms with E-state index in [0.717, 1.165) is 16.3 Å². The van der Waals surface area contributed by atoms with Gasteiger partial charge in [0.15, 0.2) is 5.13 Å². The first-order valence-corrected chi connectivity index (χ1v) is 10.0. The minimum atomic E-state index is -0.0716. The maximum atomic E-state index is 12.1. The van der Waals surface area contributed by atoms with Gasteiger partial charge in [0.1, 0.15) is 0 Å². The quantitative estimate of drug-likeness (QED) is 0.456. The highest BCUT2D eigenvalue weighted by atomic mass is 35.5. The number of rotatable bonds is 5. The molecule has 1 aromatic heterocycles. The second-order valence-corrected chi connectivity index (χ2v) is 7.87. The Morgan fingerprint density at radius 2 is 1.96 bits per heavy atom. The number of carbonyl (C=O) groups excluding carboxylic acids is 1. The number of carbonyl (C=O) groups is 1. The smallest absolute Gasteiger partial charge is 0.230 e. The molecule has 7 heteroatoms. The van der Waals surface area contributed by atoms with Gasteiger partial charge in [0.05, 0.1) is 16.4 Å². The van der Waals surface area contributed by atoms with Crippen molar-refractivity contribution in [1.29, 1.82) is 0 Å². The second-order valence-electron chi connectivity index (χ2n) is 5.17. The predicted octanol–water partition coefficient (Wildman–Crippen LogP) is 6.43. The van der Waals surface area contributed by atoms with Gasteiger partial charge in [0.25, 0.3) is 0 Å². The predicted molar refractivity (Wildman–Crippen MR) is 107 cm³/mol. The zero-order valence-corrected chi connectivity index (χ0v) is 16.4. The lowest BCUT2D eigenvalue weighted by atomic mass is 10.3. The number of para-hydroxylation sites is 1. The lowest BCUT2D eigenvalue weighted by molar-refractivity contribution is -0.115. The van der Waals surface area contributed by atoms with Crippen molar-refractivity contribution in [2.24, 2.45) is 0 Å². The molecule has 0 spiro atoms. The minimum Gasteiger partial charge on any atom is -0.274 e. The molecule has 0 aliphatic rings. The van der Waals surface area contributed by atoms with Crippen LogP contribution in [0.15, 0.2) is 58.8 Å². The Morgan fingerprint density at radius 1 is 1.20 bits per heavy atom. The SMILES string of the molecule is CC(=O)N(c1ccccc1)c1nc(CSc2cc(Cl)ccc2Cl)cs1. The monoisotopic (exact) mass is 408 g/mol. The summed E-state index contributed by atoms with van der Waals surface area (Å²) in [6, 6.07) is 14.9. The van der Waals surface area contributed by atoms with E-state index >= 15 is 0 Å². The molecule has 3 nitrogen and oxygen atoms in total. The average Bonchev–Trinajstić information content (AvgIpc) is 3.05. The topological polar surface area (TPSA) is 33.2 Å². The minimum absolute atomic E-state index is 0.0716. The van der Waals surface area contributed by atoms with Crippen molar-refractivity contribution in [3.63, 3.8) is 0 Å². The summed E-state index contributed by atoms with van der Waals surface area (Å²) in [4.78, 5) is 19.2. The van der Waals surface area contributed by atoms with E-state index in [1.807, 2.05) is 41.8 Å². The van der Waals surface area contributed by atoms with E-state index in [1.165, 1.54) is 18.3 Å². The van der Waals surface area contributed by atoms with Gasteiger partial charge in [-0.25, -0.2) is 4.98 Å². The van der Waals surface area contributed by atoms with Gasteiger partial charge < -0.3 is 0 Å². The van der Waals surface area contributed by atoms with E-state index in [9.17, 15) is 4.79 Å². The Kier molecular flexibility index (Phi) is 6.02. The number of hydrogen-bond donors (Lipinski definition) is 0. The van der Waals surface area contributed by atoms with Gasteiger partial charge in [0.2, 0.25) is 5.91 Å². The zero-order chi connectivity index (χ0) is 17.8. The lowest BCUT2D eigenvalue weighted by Crippen LogP contribution is -2.22. The molecule has 0 atom stereocenters. The average molecular weight is 409 g/mol. The number of anilines is 2. The van der Waals surface area contributed by atoms with Crippen LogP contribution < -0.4 is 4.90 Å². The fourth-order valence-electron chi connectivity index (χ4n) is 2.21. The van der Waals surface area contributed by atoms with Gasteiger partial charge >= 0.3 is 0 Å². The Bertz CT molecular complexity index is 884. The molecule has 0 fully saturated rings. The van der Waals surface area contributed by atoms with Crippen LogP contribution >= 0.6 is 46.3 Å². The zero-order valence-electron chi connectivity index (χ0n) is 13.3. The van der Waals surface area contributed by atoms with Crippen LogP contribution in [-0.2, 0) is 10.5 Å². The summed E-state index contributed by atoms with van der Waals surface area (Å²) in [5.41, 5.74) is 1.70. The highest BCUT2D eigenvalue weighted by Crippen LogP contribution is 2.34. The van der Waals surface area contributed by atoms with Crippen LogP contribution in [0, 0.1) is 0 Å². The molecule has 1 heterocycles. The number of benzene rings is 2. The van der Waals surface area contributed by atoms with Crippen LogP contribution in [0.5, 0.6) is 0 Å². The number of amides is 1. The lowest BCUT2D eigenvalue weighted by Gasteiger charge is -2.17. The number of halogens is 2. The molecule has 0 saturated carbocycles. The molecule has 0 N–H and O–H groups in total. The van der Waals surface area contributed by atoms with Gasteiger partial charge in [0, 0.05) is 28.0 Å². The number of nitrogens with zero attached hydrogens (tertiary/aromatic N) is 2. The van der Waals surface area contributed by atoms with Gasteiger partial charge in [-0.15, -0.1) is 23.1 Å². The van der Waals surface area contributed by atoms with Crippen molar-refractivity contribution in [3.05, 3.63) is 69.7 Å². The first-order valence-electron chi connectivity index (χ1n) is 7.42. The summed E-state index contributed by atoms with van der Waals surface area (Å²) in [7, 11) is 0. The summed E-state index contributed by atoms with van der Waals surface area (Å²) in [5.74, 6) is 0.578. The Balaban J connectivity index is 1.77. The molecule has 0 saturated heterocycles. The molecule has 1 amide bonds. The first-order chi connectivity index (χ1) is 12.0. The second kappa shape index (κ2) is 8.23. The maximum Gasteiger partial charge on any atom is 0.230 e. The standard InChI is InChI=1S/C18H14Cl2N2OS2/c1-12(23)22(15-5-3-2-4-6-15)18-21-14(11-25-18)10-24-17-9-13(19)7-8-16(17)20/h2-9,11H,10H2,1H3. The van der Waals surface area contributed by atoms with E-state index in [2.05, 4.69) is 4.98 Å². The molecule has 0 radical (unpaired) electrons. The van der Waals surface area contributed by atoms with E-state index in [-0.39, 0.29) is 5.91 Å². The summed E-state index contributed by atoms with van der Waals surface area (Å²) in [6.07, 6.45) is 0. The fourth-order valence-corrected chi connectivity index (χ4v) is 4.59. The molecular formula is C18H14Cl2N2OS2. The molecule has 0 aliphatic carbocycles. The highest BCUT2D eigenvalue weighted by Gasteiger charge is 2.17. The number of thioether (sulfide) groups is 1. The van der Waals surface area contributed by atoms with Gasteiger partial charge in [-0.3, -0.25) is 9.69 Å². The molecule has 3 rings (SSSR count). The van der Waals surface area contributed by atoms with E-state index in [1.54, 1.807) is 28.8 Å². The van der Waals surface area contributed by atoms with Crippen LogP contribution in [0.3, 0.4) is 0 Å². The summed E-state index contributed by atoms with van der Waals surface area (Å²) >= 11 is 15.2. The first kappa shape index (κ1) is 18.3. The number of hydrogen-bond acceptors (Lipinski definition) is 4. The molecule has 128 valence electrons. The highest BCUT2D eigenvalue weighted by molar-refractivity contribution is 7.98. The third-order valence-electron chi connectivity index (χ3n) is 3.33. The van der Waals surface area contributed by atoms with Crippen molar-refractivity contribution in [2.75, 3.05) is 4.90 Å². The van der Waals surface area contributed by atoms with Crippen LogP contribution in [0.2, 0.25) is 10.0 Å². The molecular weight excluding hydrogens is 395 g/mol.